The molecule has 0 fully saturated rings. The predicted octanol–water partition coefficient (Wildman–Crippen LogP) is 3.19. The van der Waals surface area contributed by atoms with E-state index in [1.807, 2.05) is 18.2 Å². The summed E-state index contributed by atoms with van der Waals surface area (Å²) in [6.07, 6.45) is 1.43. The van der Waals surface area contributed by atoms with Crippen molar-refractivity contribution >= 4 is 17.5 Å². The summed E-state index contributed by atoms with van der Waals surface area (Å²) in [7, 11) is 0. The summed E-state index contributed by atoms with van der Waals surface area (Å²) < 4.78 is 15.7. The Morgan fingerprint density at radius 3 is 2.67 bits per heavy atom. The number of hydrogen-bond donors (Lipinski definition) is 2. The molecule has 2 N–H and O–H groups in total. The molecule has 0 spiro atoms. The molecular formula is C20H16N2O5. The highest BCUT2D eigenvalue weighted by Crippen LogP contribution is 2.32. The van der Waals surface area contributed by atoms with Crippen molar-refractivity contribution < 1.29 is 23.5 Å². The molecule has 0 atom stereocenters. The molecule has 0 unspecified atom stereocenters. The van der Waals surface area contributed by atoms with E-state index in [9.17, 15) is 9.59 Å². The Kier molecular flexibility index (Phi) is 4.49. The highest BCUT2D eigenvalue weighted by Gasteiger charge is 2.14. The van der Waals surface area contributed by atoms with Crippen molar-refractivity contribution in [3.8, 4) is 11.5 Å². The molecule has 4 rings (SSSR count). The van der Waals surface area contributed by atoms with Crippen LogP contribution in [0.15, 0.2) is 65.3 Å². The van der Waals surface area contributed by atoms with Crippen LogP contribution in [0.3, 0.4) is 0 Å². The van der Waals surface area contributed by atoms with Crippen LogP contribution >= 0.6 is 0 Å². The van der Waals surface area contributed by atoms with E-state index < -0.39 is 0 Å². The Labute approximate surface area is 154 Å². The van der Waals surface area contributed by atoms with Gasteiger partial charge in [-0.2, -0.15) is 0 Å². The number of carbonyl (C=O) groups excluding carboxylic acids is 2. The molecule has 2 heterocycles. The quantitative estimate of drug-likeness (QED) is 0.726. The standard InChI is InChI=1S/C20H16N2O5/c23-19(21-11-13-6-7-16-18(9-13)27-12-26-16)14-3-1-4-15(10-14)22-20(24)17-5-2-8-25-17/h1-10H,11-12H2,(H,21,23)(H,22,24). The van der Waals surface area contributed by atoms with Crippen molar-refractivity contribution in [3.63, 3.8) is 0 Å². The molecule has 2 aromatic carbocycles. The van der Waals surface area contributed by atoms with Crippen molar-refractivity contribution in [2.24, 2.45) is 0 Å². The topological polar surface area (TPSA) is 89.8 Å². The first-order valence-corrected chi connectivity index (χ1v) is 8.31. The minimum Gasteiger partial charge on any atom is -0.459 e. The Morgan fingerprint density at radius 1 is 0.926 bits per heavy atom. The van der Waals surface area contributed by atoms with Gasteiger partial charge in [0, 0.05) is 17.8 Å². The Morgan fingerprint density at radius 2 is 1.81 bits per heavy atom. The molecule has 1 aliphatic heterocycles. The van der Waals surface area contributed by atoms with E-state index in [4.69, 9.17) is 13.9 Å². The molecular weight excluding hydrogens is 348 g/mol. The number of fused-ring (bicyclic) bond motifs is 1. The number of rotatable bonds is 5. The zero-order chi connectivity index (χ0) is 18.6. The Balaban J connectivity index is 1.39. The highest BCUT2D eigenvalue weighted by molar-refractivity contribution is 6.03. The molecule has 7 nitrogen and oxygen atoms in total. The number of ether oxygens (including phenoxy) is 2. The number of benzene rings is 2. The van der Waals surface area contributed by atoms with Crippen LogP contribution in [0.25, 0.3) is 0 Å². The summed E-state index contributed by atoms with van der Waals surface area (Å²) in [6, 6.07) is 15.4. The Hall–Kier alpha value is -3.74. The second-order valence-corrected chi connectivity index (χ2v) is 5.88. The lowest BCUT2D eigenvalue weighted by Crippen LogP contribution is -2.23. The van der Waals surface area contributed by atoms with Crippen LogP contribution in [0.4, 0.5) is 5.69 Å². The number of amides is 2. The summed E-state index contributed by atoms with van der Waals surface area (Å²) in [5.41, 5.74) is 1.84. The summed E-state index contributed by atoms with van der Waals surface area (Å²) in [5.74, 6) is 0.946. The molecule has 136 valence electrons. The van der Waals surface area contributed by atoms with Gasteiger partial charge in [-0.15, -0.1) is 0 Å². The van der Waals surface area contributed by atoms with Gasteiger partial charge in [0.1, 0.15) is 0 Å². The Bertz CT molecular complexity index is 982. The van der Waals surface area contributed by atoms with E-state index >= 15 is 0 Å². The molecule has 0 saturated carbocycles. The van der Waals surface area contributed by atoms with Crippen LogP contribution in [0, 0.1) is 0 Å². The number of nitrogens with one attached hydrogen (secondary N) is 2. The first kappa shape index (κ1) is 16.7. The SMILES string of the molecule is O=C(NCc1ccc2c(c1)OCO2)c1cccc(NC(=O)c2ccco2)c1. The summed E-state index contributed by atoms with van der Waals surface area (Å²) >= 11 is 0. The van der Waals surface area contributed by atoms with Gasteiger partial charge in [-0.1, -0.05) is 12.1 Å². The molecule has 7 heteroatoms. The van der Waals surface area contributed by atoms with E-state index in [0.29, 0.717) is 29.3 Å². The molecule has 2 amide bonds. The number of anilines is 1. The molecule has 1 aliphatic rings. The smallest absolute Gasteiger partial charge is 0.291 e. The average molecular weight is 364 g/mol. The van der Waals surface area contributed by atoms with Gasteiger partial charge in [0.2, 0.25) is 6.79 Å². The number of furan rings is 1. The van der Waals surface area contributed by atoms with Gasteiger partial charge in [-0.05, 0) is 48.0 Å². The van der Waals surface area contributed by atoms with Crippen molar-refractivity contribution in [2.75, 3.05) is 12.1 Å². The fraction of sp³-hybridized carbons (Fsp3) is 0.100. The molecule has 0 aliphatic carbocycles. The van der Waals surface area contributed by atoms with E-state index in [0.717, 1.165) is 5.56 Å². The van der Waals surface area contributed by atoms with E-state index in [2.05, 4.69) is 10.6 Å². The first-order chi connectivity index (χ1) is 13.2. The van der Waals surface area contributed by atoms with Gasteiger partial charge in [-0.25, -0.2) is 0 Å². The third kappa shape index (κ3) is 3.77. The summed E-state index contributed by atoms with van der Waals surface area (Å²) in [4.78, 5) is 24.5. The molecule has 0 saturated heterocycles. The van der Waals surface area contributed by atoms with E-state index in [1.165, 1.54) is 6.26 Å². The van der Waals surface area contributed by atoms with Crippen molar-refractivity contribution in [1.82, 2.24) is 5.32 Å². The maximum absolute atomic E-state index is 12.4. The number of hydrogen-bond acceptors (Lipinski definition) is 5. The lowest BCUT2D eigenvalue weighted by molar-refractivity contribution is 0.0949. The molecule has 1 aromatic heterocycles. The van der Waals surface area contributed by atoms with Gasteiger partial charge in [-0.3, -0.25) is 9.59 Å². The maximum atomic E-state index is 12.4. The monoisotopic (exact) mass is 364 g/mol. The molecule has 3 aromatic rings. The van der Waals surface area contributed by atoms with Crippen molar-refractivity contribution in [3.05, 3.63) is 77.7 Å². The fourth-order valence-corrected chi connectivity index (χ4v) is 2.67. The fourth-order valence-electron chi connectivity index (χ4n) is 2.67. The first-order valence-electron chi connectivity index (χ1n) is 8.31. The van der Waals surface area contributed by atoms with Crippen LogP contribution in [0.1, 0.15) is 26.5 Å². The molecule has 0 bridgehead atoms. The predicted molar refractivity (Wildman–Crippen MR) is 96.8 cm³/mol. The van der Waals surface area contributed by atoms with Gasteiger partial charge in [0.25, 0.3) is 11.8 Å². The maximum Gasteiger partial charge on any atom is 0.291 e. The van der Waals surface area contributed by atoms with Crippen LogP contribution in [-0.4, -0.2) is 18.6 Å². The highest BCUT2D eigenvalue weighted by atomic mass is 16.7. The van der Waals surface area contributed by atoms with Gasteiger partial charge in [0.15, 0.2) is 17.3 Å². The second-order valence-electron chi connectivity index (χ2n) is 5.88. The zero-order valence-corrected chi connectivity index (χ0v) is 14.2. The molecule has 0 radical (unpaired) electrons. The third-order valence-electron chi connectivity index (χ3n) is 4.02. The largest absolute Gasteiger partial charge is 0.459 e. The minimum atomic E-state index is -0.377. The van der Waals surface area contributed by atoms with Crippen molar-refractivity contribution in [2.45, 2.75) is 6.54 Å². The van der Waals surface area contributed by atoms with Gasteiger partial charge >= 0.3 is 0 Å². The lowest BCUT2D eigenvalue weighted by Gasteiger charge is -2.08. The van der Waals surface area contributed by atoms with Crippen LogP contribution in [0.2, 0.25) is 0 Å². The van der Waals surface area contributed by atoms with Gasteiger partial charge < -0.3 is 24.5 Å². The van der Waals surface area contributed by atoms with Crippen LogP contribution in [0.5, 0.6) is 11.5 Å². The van der Waals surface area contributed by atoms with Gasteiger partial charge in [0.05, 0.1) is 6.26 Å². The lowest BCUT2D eigenvalue weighted by atomic mass is 10.1. The molecule has 27 heavy (non-hydrogen) atoms. The summed E-state index contributed by atoms with van der Waals surface area (Å²) in [5, 5.41) is 5.55. The normalized spacial score (nSPS) is 11.9. The van der Waals surface area contributed by atoms with E-state index in [-0.39, 0.29) is 24.4 Å². The number of carbonyl (C=O) groups is 2. The van der Waals surface area contributed by atoms with Crippen LogP contribution in [-0.2, 0) is 6.54 Å². The summed E-state index contributed by atoms with van der Waals surface area (Å²) in [6.45, 7) is 0.556. The van der Waals surface area contributed by atoms with E-state index in [1.54, 1.807) is 36.4 Å². The van der Waals surface area contributed by atoms with Crippen LogP contribution < -0.4 is 20.1 Å². The second kappa shape index (κ2) is 7.25. The minimum absolute atomic E-state index is 0.202. The zero-order valence-electron chi connectivity index (χ0n) is 14.2. The van der Waals surface area contributed by atoms with Crippen molar-refractivity contribution in [1.29, 1.82) is 0 Å². The average Bonchev–Trinajstić information content (AvgIpc) is 3.37. The third-order valence-corrected chi connectivity index (χ3v) is 4.02.